The predicted molar refractivity (Wildman–Crippen MR) is 307 cm³/mol. The van der Waals surface area contributed by atoms with Gasteiger partial charge in [-0.1, -0.05) is 293 Å². The van der Waals surface area contributed by atoms with Crippen LogP contribution < -0.4 is 0 Å². The number of rotatable bonds is 56. The maximum absolute atomic E-state index is 12.9. The zero-order chi connectivity index (χ0) is 51.4. The quantitative estimate of drug-likeness (QED) is 0.0199. The Kier molecular flexibility index (Phi) is 57.2. The fourth-order valence-electron chi connectivity index (χ4n) is 8.98. The highest BCUT2D eigenvalue weighted by molar-refractivity contribution is 5.71. The summed E-state index contributed by atoms with van der Waals surface area (Å²) in [5, 5.41) is 0. The molecule has 0 aliphatic carbocycles. The summed E-state index contributed by atoms with van der Waals surface area (Å²) in [5.41, 5.74) is 0. The lowest BCUT2D eigenvalue weighted by atomic mass is 10.0. The molecule has 0 aromatic carbocycles. The molecule has 0 heterocycles. The van der Waals surface area contributed by atoms with Crippen LogP contribution in [-0.2, 0) is 28.6 Å². The van der Waals surface area contributed by atoms with Gasteiger partial charge in [0.05, 0.1) is 0 Å². The third-order valence-electron chi connectivity index (χ3n) is 13.6. The fraction of sp³-hybridized carbons (Fsp3) is 0.800. The minimum atomic E-state index is -0.785. The maximum atomic E-state index is 12.9. The van der Waals surface area contributed by atoms with Gasteiger partial charge in [-0.3, -0.25) is 14.4 Å². The van der Waals surface area contributed by atoms with E-state index in [1.54, 1.807) is 0 Å². The zero-order valence-electron chi connectivity index (χ0n) is 47.2. The van der Waals surface area contributed by atoms with Crippen LogP contribution in [0.25, 0.3) is 0 Å². The highest BCUT2D eigenvalue weighted by Gasteiger charge is 2.19. The Bertz CT molecular complexity index is 1280. The van der Waals surface area contributed by atoms with Crippen molar-refractivity contribution in [2.45, 2.75) is 322 Å². The van der Waals surface area contributed by atoms with Gasteiger partial charge in [0.2, 0.25) is 0 Å². The molecule has 6 nitrogen and oxygen atoms in total. The summed E-state index contributed by atoms with van der Waals surface area (Å²) in [6.07, 6.45) is 75.0. The lowest BCUT2D eigenvalue weighted by Crippen LogP contribution is -2.30. The van der Waals surface area contributed by atoms with E-state index >= 15 is 0 Å². The molecule has 0 bridgehead atoms. The molecule has 0 N–H and O–H groups in total. The third-order valence-corrected chi connectivity index (χ3v) is 13.6. The molecular weight excluding hydrogens is 877 g/mol. The number of carbonyl (C=O) groups is 3. The molecule has 0 rings (SSSR count). The van der Waals surface area contributed by atoms with Crippen LogP contribution in [0, 0.1) is 0 Å². The smallest absolute Gasteiger partial charge is 0.306 e. The van der Waals surface area contributed by atoms with Crippen LogP contribution in [0.1, 0.15) is 316 Å². The van der Waals surface area contributed by atoms with Gasteiger partial charge >= 0.3 is 17.9 Å². The average molecular weight is 994 g/mol. The van der Waals surface area contributed by atoms with Crippen molar-refractivity contribution in [2.75, 3.05) is 13.2 Å². The van der Waals surface area contributed by atoms with E-state index in [9.17, 15) is 14.4 Å². The van der Waals surface area contributed by atoms with Crippen LogP contribution in [0.5, 0.6) is 0 Å². The van der Waals surface area contributed by atoms with Crippen molar-refractivity contribution in [2.24, 2.45) is 0 Å². The number of carbonyl (C=O) groups excluding carboxylic acids is 3. The Balaban J connectivity index is 4.37. The minimum absolute atomic E-state index is 0.0815. The van der Waals surface area contributed by atoms with E-state index in [1.165, 1.54) is 193 Å². The first-order valence-corrected chi connectivity index (χ1v) is 30.8. The lowest BCUT2D eigenvalue weighted by Gasteiger charge is -2.18. The first-order valence-electron chi connectivity index (χ1n) is 30.8. The summed E-state index contributed by atoms with van der Waals surface area (Å²) in [5.74, 6) is -0.892. The van der Waals surface area contributed by atoms with Crippen LogP contribution in [0.4, 0.5) is 0 Å². The Morgan fingerprint density at radius 1 is 0.296 bits per heavy atom. The number of esters is 3. The first kappa shape index (κ1) is 68.1. The molecule has 0 aromatic heterocycles. The molecule has 0 aromatic rings. The molecule has 71 heavy (non-hydrogen) atoms. The monoisotopic (exact) mass is 993 g/mol. The van der Waals surface area contributed by atoms with Gasteiger partial charge in [-0.05, 0) is 64.2 Å². The molecule has 0 radical (unpaired) electrons. The lowest BCUT2D eigenvalue weighted by molar-refractivity contribution is -0.167. The number of allylic oxidation sites excluding steroid dienone is 10. The van der Waals surface area contributed by atoms with Gasteiger partial charge in [0.25, 0.3) is 0 Å². The van der Waals surface area contributed by atoms with Gasteiger partial charge in [-0.25, -0.2) is 0 Å². The van der Waals surface area contributed by atoms with E-state index in [0.29, 0.717) is 19.3 Å². The van der Waals surface area contributed by atoms with Crippen molar-refractivity contribution in [3.05, 3.63) is 60.8 Å². The summed E-state index contributed by atoms with van der Waals surface area (Å²) in [4.78, 5) is 38.3. The number of hydrogen-bond acceptors (Lipinski definition) is 6. The molecule has 0 saturated carbocycles. The standard InChI is InChI=1S/C65H116O6/c1-4-7-10-13-16-19-22-25-28-30-32-34-37-40-43-46-49-52-55-58-64(67)70-61-62(60-69-63(66)57-54-51-48-45-42-39-36-27-24-21-18-15-12-9-6-3)71-65(68)59-56-53-50-47-44-41-38-35-33-31-29-26-23-20-17-14-11-8-5-2/h9,12,15,18,21,24,27,30,32,36,62H,4-8,10-11,13-14,16-17,19-20,22-23,25-26,28-29,31,33-35,37-61H2,1-3H3/b12-9-,18-15-,24-21-,32-30-,36-27-. The Hall–Kier alpha value is -2.89. The Morgan fingerprint density at radius 3 is 0.901 bits per heavy atom. The minimum Gasteiger partial charge on any atom is -0.462 e. The molecular formula is C65H116O6. The van der Waals surface area contributed by atoms with Gasteiger partial charge < -0.3 is 14.2 Å². The topological polar surface area (TPSA) is 78.9 Å². The van der Waals surface area contributed by atoms with Crippen LogP contribution in [-0.4, -0.2) is 37.2 Å². The van der Waals surface area contributed by atoms with Crippen molar-refractivity contribution in [1.29, 1.82) is 0 Å². The predicted octanol–water partition coefficient (Wildman–Crippen LogP) is 20.8. The average Bonchev–Trinajstić information content (AvgIpc) is 3.37. The van der Waals surface area contributed by atoms with Crippen LogP contribution in [0.3, 0.4) is 0 Å². The summed E-state index contributed by atoms with van der Waals surface area (Å²) in [6, 6.07) is 0. The van der Waals surface area contributed by atoms with E-state index in [4.69, 9.17) is 14.2 Å². The first-order chi connectivity index (χ1) is 35.0. The fourth-order valence-corrected chi connectivity index (χ4v) is 8.98. The van der Waals surface area contributed by atoms with Crippen molar-refractivity contribution in [3.63, 3.8) is 0 Å². The second kappa shape index (κ2) is 59.7. The van der Waals surface area contributed by atoms with Crippen molar-refractivity contribution >= 4 is 17.9 Å². The summed E-state index contributed by atoms with van der Waals surface area (Å²) >= 11 is 0. The van der Waals surface area contributed by atoms with E-state index in [-0.39, 0.29) is 31.1 Å². The van der Waals surface area contributed by atoms with Gasteiger partial charge in [0.1, 0.15) is 13.2 Å². The molecule has 0 aliphatic heterocycles. The highest BCUT2D eigenvalue weighted by atomic mass is 16.6. The van der Waals surface area contributed by atoms with E-state index in [0.717, 1.165) is 83.5 Å². The van der Waals surface area contributed by atoms with Gasteiger partial charge in [0, 0.05) is 19.3 Å². The van der Waals surface area contributed by atoms with Crippen molar-refractivity contribution in [1.82, 2.24) is 0 Å². The Morgan fingerprint density at radius 2 is 0.563 bits per heavy atom. The van der Waals surface area contributed by atoms with E-state index in [2.05, 4.69) is 63.3 Å². The van der Waals surface area contributed by atoms with Crippen LogP contribution in [0.15, 0.2) is 60.8 Å². The number of unbranched alkanes of at least 4 members (excludes halogenated alkanes) is 38. The molecule has 412 valence electrons. The largest absolute Gasteiger partial charge is 0.462 e. The SMILES string of the molecule is CC\C=C/C=C\C=C/C=C\CCCCCCCC(=O)OCC(COC(=O)CCCCCCCCC/C=C\CCCCCCCCCC)OC(=O)CCCCCCCCCCCCCCCCCCCCC. The van der Waals surface area contributed by atoms with Gasteiger partial charge in [0.15, 0.2) is 6.10 Å². The number of hydrogen-bond donors (Lipinski definition) is 0. The molecule has 0 saturated heterocycles. The van der Waals surface area contributed by atoms with E-state index in [1.807, 2.05) is 18.2 Å². The third kappa shape index (κ3) is 57.9. The molecule has 1 atom stereocenters. The van der Waals surface area contributed by atoms with E-state index < -0.39 is 6.10 Å². The maximum Gasteiger partial charge on any atom is 0.306 e. The van der Waals surface area contributed by atoms with Crippen molar-refractivity contribution < 1.29 is 28.6 Å². The Labute approximate surface area is 440 Å². The van der Waals surface area contributed by atoms with Crippen LogP contribution >= 0.6 is 0 Å². The zero-order valence-corrected chi connectivity index (χ0v) is 47.2. The molecule has 6 heteroatoms. The molecule has 0 fully saturated rings. The summed E-state index contributed by atoms with van der Waals surface area (Å²) < 4.78 is 16.9. The molecule has 0 amide bonds. The highest BCUT2D eigenvalue weighted by Crippen LogP contribution is 2.17. The van der Waals surface area contributed by atoms with Gasteiger partial charge in [-0.15, -0.1) is 0 Å². The normalized spacial score (nSPS) is 12.4. The summed E-state index contributed by atoms with van der Waals surface area (Å²) in [7, 11) is 0. The van der Waals surface area contributed by atoms with Crippen molar-refractivity contribution in [3.8, 4) is 0 Å². The summed E-state index contributed by atoms with van der Waals surface area (Å²) in [6.45, 7) is 6.52. The second-order valence-electron chi connectivity index (χ2n) is 20.7. The molecule has 1 unspecified atom stereocenters. The second-order valence-corrected chi connectivity index (χ2v) is 20.7. The van der Waals surface area contributed by atoms with Gasteiger partial charge in [-0.2, -0.15) is 0 Å². The molecule has 0 aliphatic rings. The molecule has 0 spiro atoms. The van der Waals surface area contributed by atoms with Crippen LogP contribution in [0.2, 0.25) is 0 Å². The number of ether oxygens (including phenoxy) is 3.